The fraction of sp³-hybridized carbons (Fsp3) is 0.278. The average molecular weight is 577 g/mol. The summed E-state index contributed by atoms with van der Waals surface area (Å²) in [6.07, 6.45) is 12.4. The predicted octanol–water partition coefficient (Wildman–Crippen LogP) is 5.62. The number of rotatable bonds is 15. The number of benzene rings is 3. The predicted molar refractivity (Wildman–Crippen MR) is 172 cm³/mol. The molecule has 222 valence electrons. The van der Waals surface area contributed by atoms with Crippen molar-refractivity contribution < 1.29 is 14.4 Å². The molecule has 1 unspecified atom stereocenters. The highest BCUT2D eigenvalue weighted by Gasteiger charge is 2.32. The molecule has 4 aromatic rings. The van der Waals surface area contributed by atoms with E-state index in [1.807, 2.05) is 92.7 Å². The molecule has 0 saturated carbocycles. The second-order valence-corrected chi connectivity index (χ2v) is 11.3. The molecule has 0 fully saturated rings. The van der Waals surface area contributed by atoms with Gasteiger partial charge in [-0.05, 0) is 47.1 Å². The topological polar surface area (TPSA) is 118 Å². The fourth-order valence-corrected chi connectivity index (χ4v) is 5.14. The highest BCUT2D eigenvalue weighted by atomic mass is 16.2. The Labute approximate surface area is 253 Å². The fourth-order valence-electron chi connectivity index (χ4n) is 5.14. The van der Waals surface area contributed by atoms with Gasteiger partial charge in [-0.15, -0.1) is 0 Å². The lowest BCUT2D eigenvalue weighted by Crippen LogP contribution is -2.51. The summed E-state index contributed by atoms with van der Waals surface area (Å²) in [5.41, 5.74) is 8.92. The first-order valence-corrected chi connectivity index (χ1v) is 14.8. The maximum Gasteiger partial charge on any atom is 0.224 e. The molecule has 0 aliphatic rings. The third-order valence-electron chi connectivity index (χ3n) is 7.39. The lowest BCUT2D eigenvalue weighted by atomic mass is 9.90. The van der Waals surface area contributed by atoms with Crippen molar-refractivity contribution in [3.8, 4) is 0 Å². The zero-order valence-corrected chi connectivity index (χ0v) is 24.8. The van der Waals surface area contributed by atoms with Gasteiger partial charge in [0.15, 0.2) is 0 Å². The summed E-state index contributed by atoms with van der Waals surface area (Å²) in [6.45, 7) is 3.91. The zero-order chi connectivity index (χ0) is 30.6. The number of aromatic amines is 1. The lowest BCUT2D eigenvalue weighted by molar-refractivity contribution is -0.140. The van der Waals surface area contributed by atoms with Gasteiger partial charge in [-0.3, -0.25) is 14.4 Å². The Kier molecular flexibility index (Phi) is 11.3. The number of H-pyrrole nitrogens is 1. The second-order valence-electron chi connectivity index (χ2n) is 11.3. The van der Waals surface area contributed by atoms with E-state index in [4.69, 9.17) is 5.73 Å². The number of nitrogens with one attached hydrogen (secondary N) is 2. The van der Waals surface area contributed by atoms with Crippen LogP contribution < -0.4 is 11.1 Å². The molecule has 1 aromatic heterocycles. The van der Waals surface area contributed by atoms with Crippen molar-refractivity contribution in [1.82, 2.24) is 15.3 Å². The molecule has 0 aliphatic heterocycles. The Morgan fingerprint density at radius 2 is 1.65 bits per heavy atom. The second kappa shape index (κ2) is 15.6. The first kappa shape index (κ1) is 31.3. The summed E-state index contributed by atoms with van der Waals surface area (Å²) >= 11 is 0. The minimum Gasteiger partial charge on any atom is -0.348 e. The maximum atomic E-state index is 13.8. The Balaban J connectivity index is 1.53. The minimum absolute atomic E-state index is 0.0745. The Morgan fingerprint density at radius 3 is 2.40 bits per heavy atom. The summed E-state index contributed by atoms with van der Waals surface area (Å²) in [4.78, 5) is 47.1. The molecular formula is C36H40N4O3. The number of imidazole rings is 1. The Hall–Kier alpha value is -4.62. The number of amides is 1. The number of aromatic nitrogens is 2. The summed E-state index contributed by atoms with van der Waals surface area (Å²) in [6, 6.07) is 22.2. The van der Waals surface area contributed by atoms with Crippen LogP contribution in [0.5, 0.6) is 0 Å². The SMILES string of the molecule is CC(C)C[C@H](NC(=O)C(CC=CC=Cc1ccccc1)Cc1cccc2ccccc12)C(=O)C(=O)[C@@H](N)Cc1cnc[nH]1. The van der Waals surface area contributed by atoms with Crippen LogP contribution in [-0.4, -0.2) is 39.5 Å². The van der Waals surface area contributed by atoms with Crippen LogP contribution in [0.25, 0.3) is 16.8 Å². The number of hydrogen-bond acceptors (Lipinski definition) is 5. The van der Waals surface area contributed by atoms with Crippen LogP contribution in [0.15, 0.2) is 104 Å². The molecule has 7 heteroatoms. The minimum atomic E-state index is -1.02. The van der Waals surface area contributed by atoms with Crippen molar-refractivity contribution >= 4 is 34.3 Å². The summed E-state index contributed by atoms with van der Waals surface area (Å²) < 4.78 is 0. The largest absolute Gasteiger partial charge is 0.348 e. The van der Waals surface area contributed by atoms with Crippen LogP contribution in [0.4, 0.5) is 0 Å². The number of fused-ring (bicyclic) bond motifs is 1. The van der Waals surface area contributed by atoms with E-state index in [1.165, 1.54) is 6.33 Å². The van der Waals surface area contributed by atoms with Crippen molar-refractivity contribution in [2.24, 2.45) is 17.6 Å². The van der Waals surface area contributed by atoms with E-state index in [1.54, 1.807) is 6.20 Å². The first-order chi connectivity index (χ1) is 20.8. The molecule has 4 N–H and O–H groups in total. The molecule has 0 bridgehead atoms. The average Bonchev–Trinajstić information content (AvgIpc) is 3.52. The van der Waals surface area contributed by atoms with Crippen molar-refractivity contribution in [1.29, 1.82) is 0 Å². The number of ketones is 2. The molecule has 1 amide bonds. The Morgan fingerprint density at radius 1 is 0.907 bits per heavy atom. The Bertz CT molecular complexity index is 1550. The molecule has 43 heavy (non-hydrogen) atoms. The lowest BCUT2D eigenvalue weighted by Gasteiger charge is -2.24. The van der Waals surface area contributed by atoms with Crippen LogP contribution >= 0.6 is 0 Å². The van der Waals surface area contributed by atoms with Crippen LogP contribution in [-0.2, 0) is 27.2 Å². The van der Waals surface area contributed by atoms with Crippen LogP contribution in [0, 0.1) is 11.8 Å². The van der Waals surface area contributed by atoms with Crippen LogP contribution in [0.2, 0.25) is 0 Å². The van der Waals surface area contributed by atoms with Gasteiger partial charge in [0.25, 0.3) is 0 Å². The summed E-state index contributed by atoms with van der Waals surface area (Å²) in [5, 5.41) is 5.13. The number of nitrogens with two attached hydrogens (primary N) is 1. The molecule has 0 aliphatic carbocycles. The highest BCUT2D eigenvalue weighted by Crippen LogP contribution is 2.23. The van der Waals surface area contributed by atoms with Crippen LogP contribution in [0.3, 0.4) is 0 Å². The number of carbonyl (C=O) groups is 3. The monoisotopic (exact) mass is 576 g/mol. The molecular weight excluding hydrogens is 536 g/mol. The third kappa shape index (κ3) is 9.18. The number of carbonyl (C=O) groups excluding carboxylic acids is 3. The normalized spacial score (nSPS) is 13.9. The van der Waals surface area contributed by atoms with Gasteiger partial charge in [0, 0.05) is 24.2 Å². The standard InChI is InChI=1S/C36H40N4O3/c1-25(2)20-33(35(42)34(41)32(37)22-30-23-38-24-39-30)40-36(43)29(16-8-4-7-14-26-12-5-3-6-13-26)21-28-18-11-17-27-15-9-10-19-31(27)28/h3-15,17-19,23-25,29,32-33H,16,20-22,37H2,1-2H3,(H,38,39)(H,40,43)/t29?,32-,33-/m0/s1. The van der Waals surface area contributed by atoms with Gasteiger partial charge < -0.3 is 16.0 Å². The number of nitrogens with zero attached hydrogens (tertiary/aromatic N) is 1. The van der Waals surface area contributed by atoms with Gasteiger partial charge in [0.1, 0.15) is 0 Å². The highest BCUT2D eigenvalue weighted by molar-refractivity contribution is 6.41. The van der Waals surface area contributed by atoms with Crippen molar-refractivity contribution in [3.63, 3.8) is 0 Å². The summed E-state index contributed by atoms with van der Waals surface area (Å²) in [5.74, 6) is -2.01. The van der Waals surface area contributed by atoms with E-state index in [2.05, 4.69) is 33.5 Å². The van der Waals surface area contributed by atoms with E-state index in [9.17, 15) is 14.4 Å². The first-order valence-electron chi connectivity index (χ1n) is 14.8. The number of hydrogen-bond donors (Lipinski definition) is 3. The van der Waals surface area contributed by atoms with E-state index in [0.717, 1.165) is 21.9 Å². The van der Waals surface area contributed by atoms with E-state index >= 15 is 0 Å². The third-order valence-corrected chi connectivity index (χ3v) is 7.39. The quantitative estimate of drug-likeness (QED) is 0.125. The van der Waals surface area contributed by atoms with Crippen molar-refractivity contribution in [3.05, 3.63) is 120 Å². The molecule has 3 atom stereocenters. The molecule has 7 nitrogen and oxygen atoms in total. The van der Waals surface area contributed by atoms with Gasteiger partial charge in [0.05, 0.1) is 18.4 Å². The van der Waals surface area contributed by atoms with E-state index < -0.39 is 29.6 Å². The summed E-state index contributed by atoms with van der Waals surface area (Å²) in [7, 11) is 0. The van der Waals surface area contributed by atoms with Crippen molar-refractivity contribution in [2.75, 3.05) is 0 Å². The van der Waals surface area contributed by atoms with Gasteiger partial charge in [-0.25, -0.2) is 4.98 Å². The van der Waals surface area contributed by atoms with Crippen molar-refractivity contribution in [2.45, 2.75) is 51.6 Å². The van der Waals surface area contributed by atoms with Gasteiger partial charge in [0.2, 0.25) is 17.5 Å². The maximum absolute atomic E-state index is 13.8. The van der Waals surface area contributed by atoms with Crippen LogP contribution in [0.1, 0.15) is 43.5 Å². The van der Waals surface area contributed by atoms with Gasteiger partial charge in [-0.2, -0.15) is 0 Å². The van der Waals surface area contributed by atoms with E-state index in [-0.39, 0.29) is 18.2 Å². The number of allylic oxidation sites excluding steroid dienone is 3. The molecule has 3 aromatic carbocycles. The van der Waals surface area contributed by atoms with Gasteiger partial charge in [-0.1, -0.05) is 111 Å². The van der Waals surface area contributed by atoms with Gasteiger partial charge >= 0.3 is 0 Å². The zero-order valence-electron chi connectivity index (χ0n) is 24.8. The van der Waals surface area contributed by atoms with E-state index in [0.29, 0.717) is 25.0 Å². The molecule has 4 rings (SSSR count). The molecule has 0 spiro atoms. The molecule has 1 heterocycles. The molecule has 0 saturated heterocycles. The smallest absolute Gasteiger partial charge is 0.224 e. The number of Topliss-reactive ketones (excluding diaryl/α,β-unsaturated/α-hetero) is 2. The molecule has 0 radical (unpaired) electrons.